The summed E-state index contributed by atoms with van der Waals surface area (Å²) in [6.45, 7) is 1.47. The fraction of sp³-hybridized carbons (Fsp3) is 0.100. The third-order valence-electron chi connectivity index (χ3n) is 2.00. The Morgan fingerprint density at radius 2 is 1.94 bits per heavy atom. The molecule has 0 aromatic carbocycles. The van der Waals surface area contributed by atoms with Crippen molar-refractivity contribution in [2.45, 2.75) is 6.92 Å². The lowest BCUT2D eigenvalue weighted by molar-refractivity contribution is 0.608. The number of aromatic nitrogens is 3. The average molecular weight is 222 g/mol. The van der Waals surface area contributed by atoms with E-state index in [1.165, 1.54) is 19.1 Å². The number of hydrogen-bond donors (Lipinski definition) is 1. The summed E-state index contributed by atoms with van der Waals surface area (Å²) >= 11 is 0. The van der Waals surface area contributed by atoms with Gasteiger partial charge in [-0.3, -0.25) is 0 Å². The number of aryl methyl sites for hydroxylation is 1. The van der Waals surface area contributed by atoms with Crippen molar-refractivity contribution in [3.8, 4) is 11.5 Å². The van der Waals surface area contributed by atoms with Crippen molar-refractivity contribution >= 4 is 5.82 Å². The van der Waals surface area contributed by atoms with Gasteiger partial charge in [0.05, 0.1) is 11.9 Å². The minimum absolute atomic E-state index is 0.133. The second-order valence-corrected chi connectivity index (χ2v) is 3.19. The van der Waals surface area contributed by atoms with E-state index in [2.05, 4.69) is 15.0 Å². The molecule has 0 fully saturated rings. The third kappa shape index (κ3) is 1.81. The Morgan fingerprint density at radius 3 is 2.50 bits per heavy atom. The maximum Gasteiger partial charge on any atom is 0.186 e. The first kappa shape index (κ1) is 10.4. The van der Waals surface area contributed by atoms with E-state index in [0.29, 0.717) is 5.69 Å². The van der Waals surface area contributed by atoms with Crippen LogP contribution in [-0.2, 0) is 0 Å². The highest BCUT2D eigenvalue weighted by Crippen LogP contribution is 2.17. The molecule has 0 aliphatic rings. The van der Waals surface area contributed by atoms with Crippen molar-refractivity contribution in [1.82, 2.24) is 15.0 Å². The van der Waals surface area contributed by atoms with Gasteiger partial charge in [-0.2, -0.15) is 0 Å². The number of nitrogens with zero attached hydrogens (tertiary/aromatic N) is 3. The number of halogens is 2. The van der Waals surface area contributed by atoms with Gasteiger partial charge < -0.3 is 5.73 Å². The first-order chi connectivity index (χ1) is 7.58. The molecule has 2 aromatic rings. The highest BCUT2D eigenvalue weighted by molar-refractivity contribution is 5.52. The molecule has 2 rings (SSSR count). The molecule has 0 aliphatic carbocycles. The van der Waals surface area contributed by atoms with E-state index in [0.717, 1.165) is 6.20 Å². The number of rotatable bonds is 1. The van der Waals surface area contributed by atoms with Crippen LogP contribution in [0.4, 0.5) is 14.6 Å². The van der Waals surface area contributed by atoms with Gasteiger partial charge in [0.2, 0.25) is 0 Å². The van der Waals surface area contributed by atoms with Gasteiger partial charge in [0.25, 0.3) is 0 Å². The lowest BCUT2D eigenvalue weighted by atomic mass is 10.3. The predicted octanol–water partition coefficient (Wildman–Crippen LogP) is 1.71. The standard InChI is InChI=1S/C10H8F2N4/c1-5-8(12)9(13)16-10(15-5)7-3-2-6(11)4-14-7/h2-4H,1H3,(H2,13,15,16). The van der Waals surface area contributed by atoms with Gasteiger partial charge in [-0.05, 0) is 19.1 Å². The normalized spacial score (nSPS) is 10.4. The summed E-state index contributed by atoms with van der Waals surface area (Å²) in [6, 6.07) is 2.63. The third-order valence-corrected chi connectivity index (χ3v) is 2.00. The van der Waals surface area contributed by atoms with Crippen molar-refractivity contribution < 1.29 is 8.78 Å². The maximum atomic E-state index is 13.2. The van der Waals surface area contributed by atoms with E-state index in [4.69, 9.17) is 5.73 Å². The summed E-state index contributed by atoms with van der Waals surface area (Å²) in [4.78, 5) is 11.4. The highest BCUT2D eigenvalue weighted by atomic mass is 19.1. The van der Waals surface area contributed by atoms with Crippen LogP contribution in [0.25, 0.3) is 11.5 Å². The Hall–Kier alpha value is -2.11. The molecule has 0 amide bonds. The number of hydrogen-bond acceptors (Lipinski definition) is 4. The maximum absolute atomic E-state index is 13.2. The molecule has 0 unspecified atom stereocenters. The molecule has 0 spiro atoms. The second kappa shape index (κ2) is 3.80. The molecule has 2 heterocycles. The zero-order valence-electron chi connectivity index (χ0n) is 8.41. The van der Waals surface area contributed by atoms with Crippen LogP contribution in [0.15, 0.2) is 18.3 Å². The van der Waals surface area contributed by atoms with Crippen LogP contribution in [0.5, 0.6) is 0 Å². The minimum Gasteiger partial charge on any atom is -0.381 e. The molecule has 2 N–H and O–H groups in total. The molecule has 0 atom stereocenters. The van der Waals surface area contributed by atoms with Gasteiger partial charge in [0.1, 0.15) is 11.5 Å². The van der Waals surface area contributed by atoms with E-state index in [1.807, 2.05) is 0 Å². The lowest BCUT2D eigenvalue weighted by Crippen LogP contribution is -2.03. The van der Waals surface area contributed by atoms with E-state index >= 15 is 0 Å². The average Bonchev–Trinajstić information content (AvgIpc) is 2.26. The monoisotopic (exact) mass is 222 g/mol. The van der Waals surface area contributed by atoms with E-state index in [9.17, 15) is 8.78 Å². The number of pyridine rings is 1. The van der Waals surface area contributed by atoms with Crippen molar-refractivity contribution in [3.63, 3.8) is 0 Å². The van der Waals surface area contributed by atoms with Gasteiger partial charge in [0.15, 0.2) is 17.5 Å². The molecule has 4 nitrogen and oxygen atoms in total. The van der Waals surface area contributed by atoms with Crippen molar-refractivity contribution in [3.05, 3.63) is 35.7 Å². The summed E-state index contributed by atoms with van der Waals surface area (Å²) < 4.78 is 25.8. The molecule has 6 heteroatoms. The lowest BCUT2D eigenvalue weighted by Gasteiger charge is -2.03. The molecule has 0 saturated carbocycles. The Bertz CT molecular complexity index is 502. The molecule has 2 aromatic heterocycles. The van der Waals surface area contributed by atoms with E-state index < -0.39 is 11.6 Å². The van der Waals surface area contributed by atoms with Crippen molar-refractivity contribution in [1.29, 1.82) is 0 Å². The Labute approximate surface area is 90.2 Å². The zero-order chi connectivity index (χ0) is 11.7. The first-order valence-corrected chi connectivity index (χ1v) is 4.49. The fourth-order valence-corrected chi connectivity index (χ4v) is 1.20. The first-order valence-electron chi connectivity index (χ1n) is 4.49. The van der Waals surface area contributed by atoms with Crippen LogP contribution >= 0.6 is 0 Å². The van der Waals surface area contributed by atoms with Crippen molar-refractivity contribution in [2.24, 2.45) is 0 Å². The Kier molecular flexibility index (Phi) is 2.47. The van der Waals surface area contributed by atoms with Crippen LogP contribution in [-0.4, -0.2) is 15.0 Å². The van der Waals surface area contributed by atoms with Crippen LogP contribution in [0.1, 0.15) is 5.69 Å². The molecule has 0 saturated heterocycles. The summed E-state index contributed by atoms with van der Waals surface area (Å²) in [5.74, 6) is -1.17. The van der Waals surface area contributed by atoms with Crippen molar-refractivity contribution in [2.75, 3.05) is 5.73 Å². The Balaban J connectivity index is 2.52. The number of nitrogen functional groups attached to an aromatic ring is 1. The van der Waals surface area contributed by atoms with Crippen LogP contribution in [0.2, 0.25) is 0 Å². The van der Waals surface area contributed by atoms with E-state index in [-0.39, 0.29) is 17.3 Å². The molecule has 82 valence electrons. The fourth-order valence-electron chi connectivity index (χ4n) is 1.20. The summed E-state index contributed by atoms with van der Waals surface area (Å²) in [5, 5.41) is 0. The molecular formula is C10H8F2N4. The smallest absolute Gasteiger partial charge is 0.186 e. The summed E-state index contributed by atoms with van der Waals surface area (Å²) in [6.07, 6.45) is 1.04. The van der Waals surface area contributed by atoms with Gasteiger partial charge in [-0.1, -0.05) is 0 Å². The topological polar surface area (TPSA) is 64.7 Å². The molecule has 16 heavy (non-hydrogen) atoms. The quantitative estimate of drug-likeness (QED) is 0.797. The van der Waals surface area contributed by atoms with Gasteiger partial charge in [0, 0.05) is 0 Å². The van der Waals surface area contributed by atoms with Gasteiger partial charge >= 0.3 is 0 Å². The van der Waals surface area contributed by atoms with Crippen LogP contribution in [0.3, 0.4) is 0 Å². The second-order valence-electron chi connectivity index (χ2n) is 3.19. The number of anilines is 1. The van der Waals surface area contributed by atoms with Crippen LogP contribution in [0, 0.1) is 18.6 Å². The van der Waals surface area contributed by atoms with Crippen LogP contribution < -0.4 is 5.73 Å². The SMILES string of the molecule is Cc1nc(-c2ccc(F)cn2)nc(N)c1F. The molecular weight excluding hydrogens is 214 g/mol. The van der Waals surface area contributed by atoms with Gasteiger partial charge in [-0.25, -0.2) is 23.7 Å². The number of nitrogens with two attached hydrogens (primary N) is 1. The predicted molar refractivity (Wildman–Crippen MR) is 54.3 cm³/mol. The van der Waals surface area contributed by atoms with Gasteiger partial charge in [-0.15, -0.1) is 0 Å². The summed E-state index contributed by atoms with van der Waals surface area (Å²) in [7, 11) is 0. The largest absolute Gasteiger partial charge is 0.381 e. The molecule has 0 bridgehead atoms. The zero-order valence-corrected chi connectivity index (χ0v) is 8.41. The molecule has 0 radical (unpaired) electrons. The molecule has 0 aliphatic heterocycles. The summed E-state index contributed by atoms with van der Waals surface area (Å²) in [5.41, 5.74) is 5.84. The minimum atomic E-state index is -0.647. The highest BCUT2D eigenvalue weighted by Gasteiger charge is 2.10. The Morgan fingerprint density at radius 1 is 1.19 bits per heavy atom. The van der Waals surface area contributed by atoms with E-state index in [1.54, 1.807) is 0 Å².